The fraction of sp³-hybridized carbons (Fsp3) is 0.0800. The van der Waals surface area contributed by atoms with E-state index in [2.05, 4.69) is 30.9 Å². The first-order chi connectivity index (χ1) is 34.0. The van der Waals surface area contributed by atoms with Gasteiger partial charge in [0.2, 0.25) is 0 Å². The number of aromatic hydroxyl groups is 7. The number of phenolic OH excluding ortho intramolecular Hbond substituents is 7. The van der Waals surface area contributed by atoms with E-state index in [4.69, 9.17) is 74.1 Å². The van der Waals surface area contributed by atoms with Crippen LogP contribution in [0.15, 0.2) is 164 Å². The van der Waals surface area contributed by atoms with E-state index >= 15 is 0 Å². The number of nitrogens with zero attached hydrogens (tertiary/aromatic N) is 6. The summed E-state index contributed by atoms with van der Waals surface area (Å²) in [6, 6.07) is 35.0. The van der Waals surface area contributed by atoms with Gasteiger partial charge in [-0.3, -0.25) is 0 Å². The first-order valence-corrected chi connectivity index (χ1v) is 20.8. The molecule has 0 spiro atoms. The molecule has 0 aliphatic rings. The number of fused-ring (bicyclic) bond motifs is 1. The lowest BCUT2D eigenvalue weighted by molar-refractivity contribution is 0.318. The normalized spacial score (nSPS) is 11.0. The standard InChI is InChI=1S/C11H9NO2.C9H11NO2.C8H9NO3.C8H9NO2.C7H6ClNO2.C7H8N2O2/c13-11-6-5-8(7-12-14)9-3-1-2-4-10(9)11;1-2-7-5-9(11)4-3-8(7)6-10-12;1-5(9-12)7-3-2-6(10)4-8(7)11;1-6-4-8(10)3-2-7(6)5-9-11;8-7-3-6(10)2-1-5(7)4-9-11;8-7(9-11)5-1-3-6(10)4-2-5/h1-7,13-14H;3-6,11-12H,2H2,1H3;2-4,10-12H,1H3;2-5,10-11H,1H3;1-4,10-11H;1-4,10-11H,(H2,8,9)/b12-7-;10-6-;2*9-5-;9-4-;. The van der Waals surface area contributed by atoms with Gasteiger partial charge in [0.05, 0.1) is 35.6 Å². The third kappa shape index (κ3) is 19.6. The van der Waals surface area contributed by atoms with Crippen molar-refractivity contribution in [1.82, 2.24) is 0 Å². The first kappa shape index (κ1) is 57.4. The number of halogens is 1. The van der Waals surface area contributed by atoms with Crippen LogP contribution in [0.25, 0.3) is 10.8 Å². The zero-order valence-electron chi connectivity index (χ0n) is 38.2. The second kappa shape index (κ2) is 30.6. The zero-order chi connectivity index (χ0) is 52.9. The molecule has 0 unspecified atom stereocenters. The number of nitrogens with two attached hydrogens (primary N) is 1. The summed E-state index contributed by atoms with van der Waals surface area (Å²) in [5.41, 5.74) is 11.3. The number of rotatable bonds is 7. The average molecular weight is 994 g/mol. The van der Waals surface area contributed by atoms with Crippen LogP contribution >= 0.6 is 11.6 Å². The maximum atomic E-state index is 9.56. The molecule has 0 fully saturated rings. The summed E-state index contributed by atoms with van der Waals surface area (Å²) in [6.07, 6.45) is 6.03. The summed E-state index contributed by atoms with van der Waals surface area (Å²) in [5.74, 6) is 0.831. The van der Waals surface area contributed by atoms with Crippen molar-refractivity contribution >= 4 is 58.8 Å². The maximum Gasteiger partial charge on any atom is 0.170 e. The van der Waals surface area contributed by atoms with Gasteiger partial charge in [-0.1, -0.05) is 73.7 Å². The lowest BCUT2D eigenvalue weighted by Gasteiger charge is -2.02. The number of hydrogen-bond donors (Lipinski definition) is 14. The van der Waals surface area contributed by atoms with Crippen LogP contribution in [-0.4, -0.2) is 103 Å². The van der Waals surface area contributed by atoms with E-state index in [1.807, 2.05) is 38.1 Å². The van der Waals surface area contributed by atoms with Crippen molar-refractivity contribution in [3.8, 4) is 40.2 Å². The van der Waals surface area contributed by atoms with Crippen molar-refractivity contribution in [2.45, 2.75) is 27.2 Å². The van der Waals surface area contributed by atoms with Gasteiger partial charge in [-0.25, -0.2) is 0 Å². The Morgan fingerprint density at radius 2 is 0.958 bits per heavy atom. The molecule has 71 heavy (non-hydrogen) atoms. The van der Waals surface area contributed by atoms with E-state index in [1.165, 1.54) is 67.3 Å². The third-order valence-electron chi connectivity index (χ3n) is 9.26. The molecule has 372 valence electrons. The Morgan fingerprint density at radius 1 is 0.493 bits per heavy atom. The summed E-state index contributed by atoms with van der Waals surface area (Å²) < 4.78 is 0. The largest absolute Gasteiger partial charge is 0.508 e. The molecule has 0 aliphatic heterocycles. The van der Waals surface area contributed by atoms with Crippen LogP contribution in [0.4, 0.5) is 0 Å². The molecule has 15 N–H and O–H groups in total. The SMILES string of the molecule is C/C(=N/O)c1ccc(O)cc1O.CCc1cc(O)ccc1/C=N\O.Cc1cc(O)ccc1/C=N\O.N/C(=N/O)c1ccc(O)cc1.O/N=C\c1ccc(O)c2ccccc12.O/N=C\c1ccc(O)cc1Cl. The monoisotopic (exact) mass is 993 g/mol. The molecule has 0 saturated heterocycles. The molecular formula is C50H52ClN7O13. The molecule has 21 heteroatoms. The van der Waals surface area contributed by atoms with E-state index in [0.717, 1.165) is 45.0 Å². The first-order valence-electron chi connectivity index (χ1n) is 20.4. The fourth-order valence-electron chi connectivity index (χ4n) is 5.69. The summed E-state index contributed by atoms with van der Waals surface area (Å²) in [5, 5.41) is 133. The molecular weight excluding hydrogens is 942 g/mol. The molecule has 0 aliphatic carbocycles. The van der Waals surface area contributed by atoms with Crippen LogP contribution in [0.5, 0.6) is 40.2 Å². The number of phenols is 7. The Morgan fingerprint density at radius 3 is 1.49 bits per heavy atom. The Balaban J connectivity index is 0.000000293. The van der Waals surface area contributed by atoms with Crippen molar-refractivity contribution in [3.05, 3.63) is 183 Å². The molecule has 7 rings (SSSR count). The summed E-state index contributed by atoms with van der Waals surface area (Å²) in [7, 11) is 0. The van der Waals surface area contributed by atoms with Gasteiger partial charge in [0, 0.05) is 33.7 Å². The minimum absolute atomic E-state index is 0.0259. The van der Waals surface area contributed by atoms with Gasteiger partial charge in [-0.15, -0.1) is 0 Å². The molecule has 0 bridgehead atoms. The van der Waals surface area contributed by atoms with Crippen molar-refractivity contribution < 1.29 is 67.0 Å². The van der Waals surface area contributed by atoms with Gasteiger partial charge in [0.15, 0.2) is 5.84 Å². The minimum atomic E-state index is -0.106. The number of aryl methyl sites for hydroxylation is 2. The second-order valence-electron chi connectivity index (χ2n) is 14.1. The number of benzene rings is 7. The predicted molar refractivity (Wildman–Crippen MR) is 271 cm³/mol. The quantitative estimate of drug-likeness (QED) is 0.0306. The van der Waals surface area contributed by atoms with Crippen LogP contribution in [0.1, 0.15) is 58.4 Å². The van der Waals surface area contributed by atoms with E-state index in [-0.39, 0.29) is 46.1 Å². The molecule has 0 heterocycles. The van der Waals surface area contributed by atoms with Crippen molar-refractivity contribution in [1.29, 1.82) is 0 Å². The molecule has 0 aromatic heterocycles. The van der Waals surface area contributed by atoms with Crippen molar-refractivity contribution in [2.75, 3.05) is 0 Å². The molecule has 0 saturated carbocycles. The van der Waals surface area contributed by atoms with Crippen molar-refractivity contribution in [2.24, 2.45) is 36.7 Å². The van der Waals surface area contributed by atoms with Gasteiger partial charge >= 0.3 is 0 Å². The highest BCUT2D eigenvalue weighted by Gasteiger charge is 2.06. The zero-order valence-corrected chi connectivity index (χ0v) is 38.9. The topological polar surface area (TPSA) is 363 Å². The Bertz CT molecular complexity index is 2910. The van der Waals surface area contributed by atoms with Gasteiger partial charge < -0.3 is 72.7 Å². The summed E-state index contributed by atoms with van der Waals surface area (Å²) in [6.45, 7) is 5.35. The molecule has 0 atom stereocenters. The molecule has 7 aromatic carbocycles. The van der Waals surface area contributed by atoms with E-state index in [0.29, 0.717) is 27.4 Å². The highest BCUT2D eigenvalue weighted by molar-refractivity contribution is 6.33. The molecule has 0 radical (unpaired) electrons. The molecule has 7 aromatic rings. The highest BCUT2D eigenvalue weighted by Crippen LogP contribution is 2.27. The van der Waals surface area contributed by atoms with Crippen LogP contribution < -0.4 is 5.73 Å². The molecule has 0 amide bonds. The Hall–Kier alpha value is -9.69. The van der Waals surface area contributed by atoms with Crippen LogP contribution in [-0.2, 0) is 6.42 Å². The van der Waals surface area contributed by atoms with Crippen LogP contribution in [0.2, 0.25) is 5.02 Å². The smallest absolute Gasteiger partial charge is 0.170 e. The second-order valence-corrected chi connectivity index (χ2v) is 14.5. The van der Waals surface area contributed by atoms with E-state index < -0.39 is 0 Å². The van der Waals surface area contributed by atoms with E-state index in [9.17, 15) is 10.2 Å². The number of amidine groups is 1. The van der Waals surface area contributed by atoms with E-state index in [1.54, 1.807) is 73.7 Å². The fourth-order valence-corrected chi connectivity index (χ4v) is 5.91. The van der Waals surface area contributed by atoms with Gasteiger partial charge in [-0.05, 0) is 151 Å². The van der Waals surface area contributed by atoms with Crippen LogP contribution in [0.3, 0.4) is 0 Å². The summed E-state index contributed by atoms with van der Waals surface area (Å²) in [4.78, 5) is 0. The third-order valence-corrected chi connectivity index (χ3v) is 9.59. The minimum Gasteiger partial charge on any atom is -0.508 e. The number of hydrogen-bond acceptors (Lipinski definition) is 19. The lowest BCUT2D eigenvalue weighted by atomic mass is 10.0. The highest BCUT2D eigenvalue weighted by atomic mass is 35.5. The van der Waals surface area contributed by atoms with Gasteiger partial charge in [0.25, 0.3) is 0 Å². The van der Waals surface area contributed by atoms with Crippen LogP contribution in [0, 0.1) is 6.92 Å². The molecule has 20 nitrogen and oxygen atoms in total. The number of oxime groups is 6. The van der Waals surface area contributed by atoms with Crippen molar-refractivity contribution in [3.63, 3.8) is 0 Å². The predicted octanol–water partition coefficient (Wildman–Crippen LogP) is 9.26. The van der Waals surface area contributed by atoms with Gasteiger partial charge in [-0.2, -0.15) is 0 Å². The Labute approximate surface area is 411 Å². The van der Waals surface area contributed by atoms with Gasteiger partial charge in [0.1, 0.15) is 40.2 Å². The summed E-state index contributed by atoms with van der Waals surface area (Å²) >= 11 is 5.65. The average Bonchev–Trinajstić information content (AvgIpc) is 3.36. The maximum absolute atomic E-state index is 9.56. The lowest BCUT2D eigenvalue weighted by Crippen LogP contribution is -2.12. The Kier molecular flexibility index (Phi) is 24.7.